The SMILES string of the molecule is C=CCCCCC(=O)C1(/C(O)=C/[N+]#N)CC1. The molecule has 1 N–H and O–H groups in total. The highest BCUT2D eigenvalue weighted by atomic mass is 16.3. The smallest absolute Gasteiger partial charge is 0.388 e. The summed E-state index contributed by atoms with van der Waals surface area (Å²) in [6.45, 7) is 3.62. The van der Waals surface area contributed by atoms with Crippen LogP contribution in [0.3, 0.4) is 0 Å². The van der Waals surface area contributed by atoms with Crippen LogP contribution in [0.5, 0.6) is 0 Å². The zero-order chi connectivity index (χ0) is 12.0. The highest BCUT2D eigenvalue weighted by Crippen LogP contribution is 2.52. The molecule has 0 unspecified atom stereocenters. The number of aliphatic hydroxyl groups excluding tert-OH is 1. The van der Waals surface area contributed by atoms with Gasteiger partial charge in [-0.1, -0.05) is 6.08 Å². The van der Waals surface area contributed by atoms with Crippen molar-refractivity contribution in [2.75, 3.05) is 0 Å². The lowest BCUT2D eigenvalue weighted by atomic mass is 9.94. The summed E-state index contributed by atoms with van der Waals surface area (Å²) in [5.41, 5.74) is -0.736. The lowest BCUT2D eigenvalue weighted by Gasteiger charge is -2.09. The Balaban J connectivity index is 2.45. The number of rotatable bonds is 7. The number of aliphatic hydroxyl groups is 1. The van der Waals surface area contributed by atoms with Crippen LogP contribution in [-0.4, -0.2) is 10.9 Å². The fourth-order valence-corrected chi connectivity index (χ4v) is 1.79. The molecular weight excluding hydrogens is 204 g/mol. The van der Waals surface area contributed by atoms with Gasteiger partial charge in [0.2, 0.25) is 5.39 Å². The normalized spacial score (nSPS) is 17.6. The Labute approximate surface area is 95.3 Å². The second-order valence-electron chi connectivity index (χ2n) is 4.17. The van der Waals surface area contributed by atoms with E-state index < -0.39 is 5.41 Å². The Morgan fingerprint density at radius 1 is 1.50 bits per heavy atom. The molecule has 0 aromatic rings. The number of Topliss-reactive ketones (excluding diaryl/α,β-unsaturated/α-hetero) is 1. The average molecular weight is 221 g/mol. The van der Waals surface area contributed by atoms with Crippen LogP contribution in [-0.2, 0) is 4.79 Å². The van der Waals surface area contributed by atoms with Crippen LogP contribution in [0.25, 0.3) is 4.98 Å². The molecule has 0 spiro atoms. The molecule has 0 atom stereocenters. The van der Waals surface area contributed by atoms with Crippen LogP contribution in [0.15, 0.2) is 24.6 Å². The first-order chi connectivity index (χ1) is 7.67. The maximum Gasteiger partial charge on any atom is 0.388 e. The van der Waals surface area contributed by atoms with Crippen LogP contribution in [0.1, 0.15) is 38.5 Å². The summed E-state index contributed by atoms with van der Waals surface area (Å²) in [4.78, 5) is 14.6. The van der Waals surface area contributed by atoms with Crippen molar-refractivity contribution in [2.24, 2.45) is 5.41 Å². The zero-order valence-corrected chi connectivity index (χ0v) is 9.35. The standard InChI is InChI=1S/C12H16N2O2/c1-2-3-4-5-6-10(15)12(7-8-12)11(16)9-14-13/h2,9H,1,3-8H2/p+1/b11-9-. The molecular formula is C12H17N2O2+. The van der Waals surface area contributed by atoms with Gasteiger partial charge in [-0.2, -0.15) is 0 Å². The predicted octanol–water partition coefficient (Wildman–Crippen LogP) is 3.33. The van der Waals surface area contributed by atoms with Crippen LogP contribution < -0.4 is 0 Å². The van der Waals surface area contributed by atoms with Gasteiger partial charge in [0.15, 0.2) is 10.7 Å². The number of carbonyl (C=O) groups excluding carboxylic acids is 1. The van der Waals surface area contributed by atoms with Crippen LogP contribution in [0.2, 0.25) is 0 Å². The largest absolute Gasteiger partial charge is 0.505 e. The van der Waals surface area contributed by atoms with Crippen molar-refractivity contribution in [1.82, 2.24) is 0 Å². The van der Waals surface area contributed by atoms with E-state index in [9.17, 15) is 9.90 Å². The summed E-state index contributed by atoms with van der Waals surface area (Å²) in [6, 6.07) is 0. The van der Waals surface area contributed by atoms with Crippen molar-refractivity contribution >= 4 is 5.78 Å². The van der Waals surface area contributed by atoms with Crippen molar-refractivity contribution in [2.45, 2.75) is 38.5 Å². The minimum Gasteiger partial charge on any atom is -0.505 e. The molecule has 1 rings (SSSR count). The molecule has 0 bridgehead atoms. The number of ketones is 1. The molecule has 0 heterocycles. The summed E-state index contributed by atoms with van der Waals surface area (Å²) in [5, 5.41) is 17.9. The van der Waals surface area contributed by atoms with Gasteiger partial charge in [0, 0.05) is 6.42 Å². The summed E-state index contributed by atoms with van der Waals surface area (Å²) in [7, 11) is 0. The Kier molecular flexibility index (Phi) is 4.24. The van der Waals surface area contributed by atoms with Crippen LogP contribution in [0, 0.1) is 10.8 Å². The molecule has 1 aliphatic carbocycles. The average Bonchev–Trinajstić information content (AvgIpc) is 3.05. The molecule has 0 aromatic heterocycles. The van der Waals surface area contributed by atoms with Crippen molar-refractivity contribution < 1.29 is 9.90 Å². The molecule has 16 heavy (non-hydrogen) atoms. The monoisotopic (exact) mass is 221 g/mol. The number of hydrogen-bond donors (Lipinski definition) is 1. The lowest BCUT2D eigenvalue weighted by molar-refractivity contribution is -0.123. The third kappa shape index (κ3) is 2.69. The van der Waals surface area contributed by atoms with Gasteiger partial charge < -0.3 is 5.11 Å². The molecule has 0 aliphatic heterocycles. The Morgan fingerprint density at radius 3 is 2.69 bits per heavy atom. The number of hydrogen-bond acceptors (Lipinski definition) is 3. The second kappa shape index (κ2) is 5.45. The van der Waals surface area contributed by atoms with Crippen LogP contribution >= 0.6 is 0 Å². The number of nitrogens with zero attached hydrogens (tertiary/aromatic N) is 2. The summed E-state index contributed by atoms with van der Waals surface area (Å²) in [5.74, 6) is -0.0577. The Bertz CT molecular complexity index is 349. The van der Waals surface area contributed by atoms with E-state index in [1.807, 2.05) is 6.08 Å². The van der Waals surface area contributed by atoms with E-state index in [-0.39, 0.29) is 11.5 Å². The Hall–Kier alpha value is -1.63. The molecule has 86 valence electrons. The summed E-state index contributed by atoms with van der Waals surface area (Å²) < 4.78 is 0. The first-order valence-corrected chi connectivity index (χ1v) is 5.55. The van der Waals surface area contributed by atoms with E-state index in [2.05, 4.69) is 11.6 Å². The molecule has 1 aliphatic rings. The molecule has 0 amide bonds. The maximum atomic E-state index is 11.9. The number of carbonyl (C=O) groups is 1. The molecule has 0 saturated heterocycles. The van der Waals surface area contributed by atoms with Gasteiger partial charge in [0.1, 0.15) is 5.78 Å². The first-order valence-electron chi connectivity index (χ1n) is 5.55. The minimum absolute atomic E-state index is 0.0500. The predicted molar refractivity (Wildman–Crippen MR) is 61.1 cm³/mol. The third-order valence-corrected chi connectivity index (χ3v) is 3.02. The third-order valence-electron chi connectivity index (χ3n) is 3.02. The van der Waals surface area contributed by atoms with E-state index in [1.165, 1.54) is 0 Å². The topological polar surface area (TPSA) is 65.4 Å². The number of allylic oxidation sites excluding steroid dienone is 2. The second-order valence-corrected chi connectivity index (χ2v) is 4.17. The fraction of sp³-hybridized carbons (Fsp3) is 0.583. The van der Waals surface area contributed by atoms with Crippen molar-refractivity contribution in [3.8, 4) is 0 Å². The highest BCUT2D eigenvalue weighted by molar-refractivity contribution is 5.90. The molecule has 0 aromatic carbocycles. The molecule has 4 heteroatoms. The van der Waals surface area contributed by atoms with Crippen molar-refractivity contribution in [1.29, 1.82) is 5.39 Å². The summed E-state index contributed by atoms with van der Waals surface area (Å²) >= 11 is 0. The number of unbranched alkanes of at least 4 members (excludes halogenated alkanes) is 2. The van der Waals surface area contributed by atoms with E-state index in [0.29, 0.717) is 19.3 Å². The van der Waals surface area contributed by atoms with Gasteiger partial charge in [0.05, 0.1) is 5.41 Å². The van der Waals surface area contributed by atoms with Gasteiger partial charge in [-0.05, 0) is 32.1 Å². The van der Waals surface area contributed by atoms with E-state index in [4.69, 9.17) is 5.39 Å². The Morgan fingerprint density at radius 2 is 2.19 bits per heavy atom. The van der Waals surface area contributed by atoms with E-state index >= 15 is 0 Å². The molecule has 4 nitrogen and oxygen atoms in total. The maximum absolute atomic E-state index is 11.9. The van der Waals surface area contributed by atoms with E-state index in [1.54, 1.807) is 0 Å². The first kappa shape index (κ1) is 12.4. The molecule has 1 saturated carbocycles. The van der Waals surface area contributed by atoms with Gasteiger partial charge in [-0.25, -0.2) is 0 Å². The van der Waals surface area contributed by atoms with Crippen LogP contribution in [0.4, 0.5) is 0 Å². The van der Waals surface area contributed by atoms with Gasteiger partial charge >= 0.3 is 6.20 Å². The van der Waals surface area contributed by atoms with Crippen molar-refractivity contribution in [3.05, 3.63) is 29.6 Å². The lowest BCUT2D eigenvalue weighted by Crippen LogP contribution is -2.18. The van der Waals surface area contributed by atoms with Gasteiger partial charge in [0.25, 0.3) is 0 Å². The zero-order valence-electron chi connectivity index (χ0n) is 9.35. The van der Waals surface area contributed by atoms with Gasteiger partial charge in [-0.3, -0.25) is 4.79 Å². The van der Waals surface area contributed by atoms with E-state index in [0.717, 1.165) is 25.5 Å². The number of diazo groups is 1. The van der Waals surface area contributed by atoms with Crippen molar-refractivity contribution in [3.63, 3.8) is 0 Å². The quantitative estimate of drug-likeness (QED) is 0.310. The highest BCUT2D eigenvalue weighted by Gasteiger charge is 2.54. The molecule has 0 radical (unpaired) electrons. The fourth-order valence-electron chi connectivity index (χ4n) is 1.79. The minimum atomic E-state index is -0.736. The molecule has 1 fully saturated rings. The van der Waals surface area contributed by atoms with Gasteiger partial charge in [-0.15, -0.1) is 6.58 Å². The summed E-state index contributed by atoms with van der Waals surface area (Å²) in [6.07, 6.45) is 7.24.